The quantitative estimate of drug-likeness (QED) is 0.652. The number of nitrogens with two attached hydrogens (primary N) is 1. The normalized spacial score (nSPS) is 12.5. The summed E-state index contributed by atoms with van der Waals surface area (Å²) in [7, 11) is 1.79. The molecule has 0 heterocycles. The summed E-state index contributed by atoms with van der Waals surface area (Å²) in [6.07, 6.45) is -0.440. The Morgan fingerprint density at radius 1 is 1.47 bits per heavy atom. The summed E-state index contributed by atoms with van der Waals surface area (Å²) in [6, 6.07) is 6.97. The Morgan fingerprint density at radius 2 is 2.06 bits per heavy atom. The number of amides is 1. The molecule has 94 valence electrons. The fraction of sp³-hybridized carbons (Fsp3) is 0.417. The van der Waals surface area contributed by atoms with Crippen LogP contribution in [0.3, 0.4) is 0 Å². The molecule has 1 amide bonds. The molecule has 0 radical (unpaired) electrons. The van der Waals surface area contributed by atoms with Crippen LogP contribution in [0.25, 0.3) is 0 Å². The fourth-order valence-corrected chi connectivity index (χ4v) is 1.53. The molecule has 0 saturated heterocycles. The van der Waals surface area contributed by atoms with Gasteiger partial charge in [-0.3, -0.25) is 9.69 Å². The van der Waals surface area contributed by atoms with Crippen LogP contribution in [-0.4, -0.2) is 42.2 Å². The number of nitrogen functional groups attached to an aromatic ring is 1. The molecule has 0 spiro atoms. The monoisotopic (exact) mass is 237 g/mol. The molecule has 0 saturated carbocycles. The summed E-state index contributed by atoms with van der Waals surface area (Å²) in [4.78, 5) is 13.4. The van der Waals surface area contributed by atoms with Gasteiger partial charge in [0.2, 0.25) is 5.91 Å². The fourth-order valence-electron chi connectivity index (χ4n) is 1.53. The molecule has 1 unspecified atom stereocenters. The smallest absolute Gasteiger partial charge is 0.238 e. The van der Waals surface area contributed by atoms with Gasteiger partial charge < -0.3 is 16.2 Å². The van der Waals surface area contributed by atoms with Crippen molar-refractivity contribution in [3.63, 3.8) is 0 Å². The van der Waals surface area contributed by atoms with E-state index < -0.39 is 6.10 Å². The summed E-state index contributed by atoms with van der Waals surface area (Å²) in [5.74, 6) is -0.113. The Hall–Kier alpha value is -1.59. The summed E-state index contributed by atoms with van der Waals surface area (Å²) in [6.45, 7) is 2.40. The van der Waals surface area contributed by atoms with Crippen molar-refractivity contribution in [2.75, 3.05) is 31.2 Å². The van der Waals surface area contributed by atoms with Crippen LogP contribution >= 0.6 is 0 Å². The zero-order valence-corrected chi connectivity index (χ0v) is 10.2. The Labute approximate surface area is 101 Å². The van der Waals surface area contributed by atoms with E-state index in [0.717, 1.165) is 5.69 Å². The molecule has 4 N–H and O–H groups in total. The van der Waals surface area contributed by atoms with Crippen LogP contribution in [0, 0.1) is 0 Å². The predicted molar refractivity (Wildman–Crippen MR) is 68.7 cm³/mol. The third-order valence-corrected chi connectivity index (χ3v) is 2.18. The maximum atomic E-state index is 11.6. The molecule has 0 aliphatic carbocycles. The highest BCUT2D eigenvalue weighted by Gasteiger charge is 2.08. The molecule has 0 aromatic heterocycles. The van der Waals surface area contributed by atoms with Gasteiger partial charge >= 0.3 is 0 Å². The van der Waals surface area contributed by atoms with Gasteiger partial charge in [-0.2, -0.15) is 0 Å². The number of hydrogen-bond donors (Lipinski definition) is 3. The molecule has 1 rings (SSSR count). The number of aliphatic hydroxyl groups excluding tert-OH is 1. The van der Waals surface area contributed by atoms with Gasteiger partial charge in [-0.1, -0.05) is 0 Å². The van der Waals surface area contributed by atoms with E-state index in [9.17, 15) is 4.79 Å². The number of rotatable bonds is 5. The van der Waals surface area contributed by atoms with Crippen LogP contribution in [0.15, 0.2) is 24.3 Å². The molecular formula is C12H19N3O2. The van der Waals surface area contributed by atoms with Gasteiger partial charge in [0.05, 0.1) is 12.6 Å². The molecule has 0 aliphatic rings. The number of benzene rings is 1. The van der Waals surface area contributed by atoms with Gasteiger partial charge in [-0.25, -0.2) is 0 Å². The van der Waals surface area contributed by atoms with Crippen molar-refractivity contribution in [3.8, 4) is 0 Å². The van der Waals surface area contributed by atoms with E-state index in [4.69, 9.17) is 10.8 Å². The lowest BCUT2D eigenvalue weighted by molar-refractivity contribution is -0.117. The highest BCUT2D eigenvalue weighted by Crippen LogP contribution is 2.10. The van der Waals surface area contributed by atoms with Crippen molar-refractivity contribution in [1.82, 2.24) is 4.90 Å². The lowest BCUT2D eigenvalue weighted by atomic mass is 10.3. The second-order valence-corrected chi connectivity index (χ2v) is 4.22. The molecular weight excluding hydrogens is 218 g/mol. The highest BCUT2D eigenvalue weighted by atomic mass is 16.3. The van der Waals surface area contributed by atoms with Gasteiger partial charge in [0.15, 0.2) is 0 Å². The van der Waals surface area contributed by atoms with Gasteiger partial charge in [-0.15, -0.1) is 0 Å². The van der Waals surface area contributed by atoms with Gasteiger partial charge in [0.25, 0.3) is 0 Å². The number of nitrogens with one attached hydrogen (secondary N) is 1. The van der Waals surface area contributed by atoms with Crippen LogP contribution in [-0.2, 0) is 4.79 Å². The molecule has 1 aromatic rings. The molecule has 0 fully saturated rings. The van der Waals surface area contributed by atoms with E-state index in [1.165, 1.54) is 0 Å². The van der Waals surface area contributed by atoms with Crippen molar-refractivity contribution >= 4 is 17.3 Å². The Balaban J connectivity index is 2.41. The number of likely N-dealkylation sites (N-methyl/N-ethyl adjacent to an activating group) is 1. The van der Waals surface area contributed by atoms with Crippen LogP contribution in [0.2, 0.25) is 0 Å². The number of anilines is 2. The van der Waals surface area contributed by atoms with Crippen LogP contribution in [0.1, 0.15) is 6.92 Å². The number of hydrogen-bond acceptors (Lipinski definition) is 4. The molecule has 5 heteroatoms. The second kappa shape index (κ2) is 6.22. The number of carbonyl (C=O) groups excluding carboxylic acids is 1. The Kier molecular flexibility index (Phi) is 4.93. The van der Waals surface area contributed by atoms with E-state index in [1.54, 1.807) is 43.1 Å². The van der Waals surface area contributed by atoms with Crippen LogP contribution in [0.4, 0.5) is 11.4 Å². The maximum absolute atomic E-state index is 11.6. The van der Waals surface area contributed by atoms with Crippen molar-refractivity contribution in [3.05, 3.63) is 24.3 Å². The maximum Gasteiger partial charge on any atom is 0.238 e. The average molecular weight is 237 g/mol. The Morgan fingerprint density at radius 3 is 2.59 bits per heavy atom. The molecule has 1 atom stereocenters. The van der Waals surface area contributed by atoms with Crippen molar-refractivity contribution in [1.29, 1.82) is 0 Å². The van der Waals surface area contributed by atoms with E-state index in [0.29, 0.717) is 12.2 Å². The van der Waals surface area contributed by atoms with E-state index >= 15 is 0 Å². The lowest BCUT2D eigenvalue weighted by Gasteiger charge is -2.17. The molecule has 1 aromatic carbocycles. The first kappa shape index (κ1) is 13.5. The number of nitrogens with zero attached hydrogens (tertiary/aromatic N) is 1. The minimum absolute atomic E-state index is 0.113. The topological polar surface area (TPSA) is 78.6 Å². The summed E-state index contributed by atoms with van der Waals surface area (Å²) < 4.78 is 0. The summed E-state index contributed by atoms with van der Waals surface area (Å²) in [5.41, 5.74) is 6.92. The summed E-state index contributed by atoms with van der Waals surface area (Å²) in [5, 5.41) is 11.9. The van der Waals surface area contributed by atoms with E-state index in [-0.39, 0.29) is 12.5 Å². The van der Waals surface area contributed by atoms with Crippen LogP contribution in [0.5, 0.6) is 0 Å². The van der Waals surface area contributed by atoms with Crippen molar-refractivity contribution < 1.29 is 9.90 Å². The molecule has 17 heavy (non-hydrogen) atoms. The summed E-state index contributed by atoms with van der Waals surface area (Å²) >= 11 is 0. The van der Waals surface area contributed by atoms with Gasteiger partial charge in [-0.05, 0) is 38.2 Å². The zero-order chi connectivity index (χ0) is 12.8. The standard InChI is InChI=1S/C12H19N3O2/c1-9(16)7-15(2)8-12(17)14-11-5-3-10(13)4-6-11/h3-6,9,16H,7-8,13H2,1-2H3,(H,14,17). The van der Waals surface area contributed by atoms with E-state index in [1.807, 2.05) is 0 Å². The van der Waals surface area contributed by atoms with Gasteiger partial charge in [0.1, 0.15) is 0 Å². The molecule has 5 nitrogen and oxygen atoms in total. The van der Waals surface area contributed by atoms with Crippen molar-refractivity contribution in [2.24, 2.45) is 0 Å². The minimum atomic E-state index is -0.440. The van der Waals surface area contributed by atoms with E-state index in [2.05, 4.69) is 5.32 Å². The highest BCUT2D eigenvalue weighted by molar-refractivity contribution is 5.92. The lowest BCUT2D eigenvalue weighted by Crippen LogP contribution is -2.34. The number of carbonyl (C=O) groups is 1. The first-order valence-corrected chi connectivity index (χ1v) is 5.49. The Bertz CT molecular complexity index is 363. The molecule has 0 bridgehead atoms. The largest absolute Gasteiger partial charge is 0.399 e. The predicted octanol–water partition coefficient (Wildman–Crippen LogP) is 0.520. The van der Waals surface area contributed by atoms with Crippen LogP contribution < -0.4 is 11.1 Å². The zero-order valence-electron chi connectivity index (χ0n) is 10.2. The molecule has 0 aliphatic heterocycles. The first-order valence-electron chi connectivity index (χ1n) is 5.49. The third kappa shape index (κ3) is 5.33. The number of aliphatic hydroxyl groups is 1. The second-order valence-electron chi connectivity index (χ2n) is 4.22. The minimum Gasteiger partial charge on any atom is -0.399 e. The third-order valence-electron chi connectivity index (χ3n) is 2.18. The van der Waals surface area contributed by atoms with Gasteiger partial charge in [0, 0.05) is 17.9 Å². The first-order chi connectivity index (χ1) is 7.97. The van der Waals surface area contributed by atoms with Crippen molar-refractivity contribution in [2.45, 2.75) is 13.0 Å². The average Bonchev–Trinajstić information content (AvgIpc) is 2.19. The SMILES string of the molecule is CC(O)CN(C)CC(=O)Nc1ccc(N)cc1.